The Morgan fingerprint density at radius 1 is 1.06 bits per heavy atom. The summed E-state index contributed by atoms with van der Waals surface area (Å²) in [4.78, 5) is 24.6. The van der Waals surface area contributed by atoms with E-state index in [2.05, 4.69) is 0 Å². The molecule has 0 bridgehead atoms. The molecule has 1 heterocycles. The molecule has 0 N–H and O–H groups in total. The third-order valence-electron chi connectivity index (χ3n) is 6.95. The van der Waals surface area contributed by atoms with Gasteiger partial charge in [0.05, 0.1) is 26.4 Å². The number of rotatable bonds is 9. The van der Waals surface area contributed by atoms with Gasteiger partial charge >= 0.3 is 11.9 Å². The van der Waals surface area contributed by atoms with E-state index in [9.17, 15) is 9.59 Å². The molecule has 2 fully saturated rings. The fourth-order valence-electron chi connectivity index (χ4n) is 4.34. The van der Waals surface area contributed by atoms with Crippen molar-refractivity contribution in [2.24, 2.45) is 11.3 Å². The second-order valence-corrected chi connectivity index (χ2v) is 9.09. The molecule has 3 aliphatic rings. The molecule has 0 amide bonds. The first-order valence-electron chi connectivity index (χ1n) is 11.4. The summed E-state index contributed by atoms with van der Waals surface area (Å²) in [5, 5.41) is 0. The van der Waals surface area contributed by atoms with Crippen LogP contribution >= 0.6 is 0 Å². The lowest BCUT2D eigenvalue weighted by atomic mass is 9.86. The first-order chi connectivity index (χ1) is 16.0. The van der Waals surface area contributed by atoms with E-state index < -0.39 is 5.41 Å². The average molecular weight is 453 g/mol. The second kappa shape index (κ2) is 8.61. The van der Waals surface area contributed by atoms with Crippen molar-refractivity contribution in [3.05, 3.63) is 41.5 Å². The molecule has 5 rings (SSSR count). The van der Waals surface area contributed by atoms with Gasteiger partial charge in [-0.05, 0) is 61.4 Å². The third-order valence-corrected chi connectivity index (χ3v) is 6.95. The van der Waals surface area contributed by atoms with Gasteiger partial charge in [-0.1, -0.05) is 12.5 Å². The Kier molecular flexibility index (Phi) is 5.64. The molecule has 7 heteroatoms. The summed E-state index contributed by atoms with van der Waals surface area (Å²) in [6.07, 6.45) is 4.99. The second-order valence-electron chi connectivity index (χ2n) is 9.09. The molecule has 174 valence electrons. The zero-order chi connectivity index (χ0) is 23.0. The van der Waals surface area contributed by atoms with Gasteiger partial charge < -0.3 is 23.7 Å². The van der Waals surface area contributed by atoms with E-state index in [0.29, 0.717) is 35.3 Å². The Morgan fingerprint density at radius 3 is 2.52 bits per heavy atom. The van der Waals surface area contributed by atoms with Crippen LogP contribution in [0.3, 0.4) is 0 Å². The quantitative estimate of drug-likeness (QED) is 0.517. The first kappa shape index (κ1) is 21.6. The third kappa shape index (κ3) is 4.01. The molecule has 0 saturated heterocycles. The Balaban J connectivity index is 1.41. The van der Waals surface area contributed by atoms with E-state index in [4.69, 9.17) is 23.7 Å². The van der Waals surface area contributed by atoms with Gasteiger partial charge in [0, 0.05) is 11.1 Å². The fraction of sp³-hybridized carbons (Fsp3) is 0.462. The van der Waals surface area contributed by atoms with Crippen molar-refractivity contribution < 1.29 is 33.3 Å². The zero-order valence-corrected chi connectivity index (χ0v) is 19.0. The molecular formula is C26H28O7. The number of esters is 2. The van der Waals surface area contributed by atoms with Crippen molar-refractivity contribution in [1.82, 2.24) is 0 Å². The molecule has 2 aromatic carbocycles. The van der Waals surface area contributed by atoms with Crippen LogP contribution in [0, 0.1) is 11.3 Å². The van der Waals surface area contributed by atoms with Gasteiger partial charge in [0.25, 0.3) is 0 Å². The monoisotopic (exact) mass is 452 g/mol. The van der Waals surface area contributed by atoms with Crippen molar-refractivity contribution >= 4 is 11.9 Å². The van der Waals surface area contributed by atoms with Gasteiger partial charge in [-0.15, -0.1) is 0 Å². The van der Waals surface area contributed by atoms with Gasteiger partial charge in [-0.3, -0.25) is 4.79 Å². The summed E-state index contributed by atoms with van der Waals surface area (Å²) >= 11 is 0. The van der Waals surface area contributed by atoms with Crippen LogP contribution in [-0.4, -0.2) is 39.4 Å². The highest BCUT2D eigenvalue weighted by molar-refractivity contribution is 5.94. The minimum atomic E-state index is -0.604. The normalized spacial score (nSPS) is 18.1. The minimum Gasteiger partial charge on any atom is -0.493 e. The molecule has 0 unspecified atom stereocenters. The topological polar surface area (TPSA) is 80.3 Å². The van der Waals surface area contributed by atoms with Gasteiger partial charge in [-0.2, -0.15) is 0 Å². The number of hydrogen-bond acceptors (Lipinski definition) is 7. The van der Waals surface area contributed by atoms with Crippen molar-refractivity contribution in [1.29, 1.82) is 0 Å². The highest BCUT2D eigenvalue weighted by Gasteiger charge is 2.52. The van der Waals surface area contributed by atoms with E-state index in [0.717, 1.165) is 42.4 Å². The summed E-state index contributed by atoms with van der Waals surface area (Å²) in [5.41, 5.74) is 2.45. The zero-order valence-electron chi connectivity index (χ0n) is 19.0. The minimum absolute atomic E-state index is 0.175. The van der Waals surface area contributed by atoms with Gasteiger partial charge in [0.2, 0.25) is 5.75 Å². The fourth-order valence-corrected chi connectivity index (χ4v) is 4.34. The molecule has 0 aromatic heterocycles. The van der Waals surface area contributed by atoms with Crippen LogP contribution < -0.4 is 14.2 Å². The van der Waals surface area contributed by atoms with Crippen LogP contribution in [0.4, 0.5) is 0 Å². The van der Waals surface area contributed by atoms with Crippen molar-refractivity contribution in [3.63, 3.8) is 0 Å². The first-order valence-corrected chi connectivity index (χ1v) is 11.4. The summed E-state index contributed by atoms with van der Waals surface area (Å²) in [6, 6.07) is 9.26. The summed E-state index contributed by atoms with van der Waals surface area (Å²) < 4.78 is 28.2. The number of carbonyl (C=O) groups is 2. The summed E-state index contributed by atoms with van der Waals surface area (Å²) in [6.45, 7) is 0.964. The van der Waals surface area contributed by atoms with E-state index in [1.807, 2.05) is 24.3 Å². The number of carbonyl (C=O) groups excluding carboxylic acids is 2. The molecule has 0 spiro atoms. The number of cyclic esters (lactones) is 1. The van der Waals surface area contributed by atoms with Crippen LogP contribution in [-0.2, 0) is 20.9 Å². The summed E-state index contributed by atoms with van der Waals surface area (Å²) in [7, 11) is 3.13. The maximum Gasteiger partial charge on any atom is 0.338 e. The maximum atomic E-state index is 12.8. The predicted octanol–water partition coefficient (Wildman–Crippen LogP) is 4.54. The Labute approximate surface area is 192 Å². The van der Waals surface area contributed by atoms with Crippen LogP contribution in [0.15, 0.2) is 30.3 Å². The van der Waals surface area contributed by atoms with Crippen LogP contribution in [0.1, 0.15) is 48.0 Å². The smallest absolute Gasteiger partial charge is 0.338 e. The van der Waals surface area contributed by atoms with Gasteiger partial charge in [-0.25, -0.2) is 4.79 Å². The molecule has 0 atom stereocenters. The standard InChI is InChI=1S/C26H28O7/c1-29-21-9-8-19(17-6-7-20-18(12-17)14-31-24(20)27)22(23(21)30-2)33-15-26(10-11-26)25(28)32-13-16-4-3-5-16/h6-9,12,16H,3-5,10-11,13-15H2,1-2H3. The van der Waals surface area contributed by atoms with Crippen LogP contribution in [0.2, 0.25) is 0 Å². The molecule has 2 aliphatic carbocycles. The molecule has 7 nitrogen and oxygen atoms in total. The number of ether oxygens (including phenoxy) is 5. The lowest BCUT2D eigenvalue weighted by molar-refractivity contribution is -0.153. The largest absolute Gasteiger partial charge is 0.493 e. The molecule has 33 heavy (non-hydrogen) atoms. The highest BCUT2D eigenvalue weighted by atomic mass is 16.6. The SMILES string of the molecule is COc1ccc(-c2ccc3c(c2)COC3=O)c(OCC2(C(=O)OCC3CCC3)CC2)c1OC. The Morgan fingerprint density at radius 2 is 1.85 bits per heavy atom. The molecule has 2 saturated carbocycles. The van der Waals surface area contributed by atoms with Gasteiger partial charge in [0.1, 0.15) is 18.6 Å². The lowest BCUT2D eigenvalue weighted by Crippen LogP contribution is -2.29. The molecule has 1 aliphatic heterocycles. The summed E-state index contributed by atoms with van der Waals surface area (Å²) in [5.74, 6) is 1.52. The van der Waals surface area contributed by atoms with E-state index in [1.165, 1.54) is 6.42 Å². The highest BCUT2D eigenvalue weighted by Crippen LogP contribution is 2.50. The lowest BCUT2D eigenvalue weighted by Gasteiger charge is -2.26. The van der Waals surface area contributed by atoms with E-state index in [-0.39, 0.29) is 25.2 Å². The number of hydrogen-bond donors (Lipinski definition) is 0. The predicted molar refractivity (Wildman–Crippen MR) is 120 cm³/mol. The van der Waals surface area contributed by atoms with Gasteiger partial charge in [0.15, 0.2) is 11.5 Å². The Hall–Kier alpha value is -3.22. The van der Waals surface area contributed by atoms with Crippen molar-refractivity contribution in [3.8, 4) is 28.4 Å². The maximum absolute atomic E-state index is 12.8. The molecule has 0 radical (unpaired) electrons. The van der Waals surface area contributed by atoms with Crippen LogP contribution in [0.25, 0.3) is 11.1 Å². The van der Waals surface area contributed by atoms with E-state index in [1.54, 1.807) is 20.3 Å². The van der Waals surface area contributed by atoms with Crippen molar-refractivity contribution in [2.45, 2.75) is 38.7 Å². The van der Waals surface area contributed by atoms with Crippen molar-refractivity contribution in [2.75, 3.05) is 27.4 Å². The Bertz CT molecular complexity index is 1080. The molecular weight excluding hydrogens is 424 g/mol. The van der Waals surface area contributed by atoms with E-state index >= 15 is 0 Å². The number of methoxy groups -OCH3 is 2. The number of fused-ring (bicyclic) bond motifs is 1. The number of benzene rings is 2. The molecule has 2 aromatic rings. The average Bonchev–Trinajstić information content (AvgIpc) is 3.52. The van der Waals surface area contributed by atoms with Crippen LogP contribution in [0.5, 0.6) is 17.2 Å².